The van der Waals surface area contributed by atoms with Crippen LogP contribution >= 0.6 is 0 Å². The van der Waals surface area contributed by atoms with E-state index in [1.807, 2.05) is 6.92 Å². The van der Waals surface area contributed by atoms with Crippen LogP contribution < -0.4 is 5.32 Å². The maximum atomic E-state index is 12.0. The van der Waals surface area contributed by atoms with Crippen LogP contribution in [0, 0.1) is 23.7 Å². The predicted molar refractivity (Wildman–Crippen MR) is 63.4 cm³/mol. The van der Waals surface area contributed by atoms with Crippen LogP contribution in [0.5, 0.6) is 0 Å². The fraction of sp³-hybridized carbons (Fsp3) is 0.846. The molecule has 0 aromatic rings. The van der Waals surface area contributed by atoms with Gasteiger partial charge in [0, 0.05) is 18.9 Å². The molecule has 2 rings (SSSR count). The Morgan fingerprint density at radius 2 is 1.76 bits per heavy atom. The van der Waals surface area contributed by atoms with Crippen LogP contribution in [0.2, 0.25) is 0 Å². The highest BCUT2D eigenvalue weighted by Crippen LogP contribution is 2.49. The first kappa shape index (κ1) is 12.4. The summed E-state index contributed by atoms with van der Waals surface area (Å²) in [7, 11) is 0. The van der Waals surface area contributed by atoms with Crippen molar-refractivity contribution in [3.63, 3.8) is 0 Å². The van der Waals surface area contributed by atoms with Gasteiger partial charge in [-0.25, -0.2) is 0 Å². The summed E-state index contributed by atoms with van der Waals surface area (Å²) < 4.78 is 0. The molecule has 0 bridgehead atoms. The first-order valence-electron chi connectivity index (χ1n) is 6.57. The molecular formula is C13H21NO3. The Morgan fingerprint density at radius 1 is 1.24 bits per heavy atom. The Labute approximate surface area is 102 Å². The molecule has 2 aliphatic rings. The number of nitrogens with one attached hydrogen (secondary N) is 1. The molecule has 2 saturated carbocycles. The average Bonchev–Trinajstić information content (AvgIpc) is 3.08. The van der Waals surface area contributed by atoms with E-state index in [4.69, 9.17) is 5.11 Å². The van der Waals surface area contributed by atoms with E-state index in [-0.39, 0.29) is 24.2 Å². The highest BCUT2D eigenvalue weighted by molar-refractivity contribution is 5.80. The number of aliphatic carboxylic acids is 1. The van der Waals surface area contributed by atoms with Gasteiger partial charge in [0.05, 0.1) is 0 Å². The second-order valence-corrected chi connectivity index (χ2v) is 5.65. The number of carbonyl (C=O) groups is 2. The Bertz CT molecular complexity index is 296. The lowest BCUT2D eigenvalue weighted by Crippen LogP contribution is -2.36. The van der Waals surface area contributed by atoms with Crippen molar-refractivity contribution in [2.24, 2.45) is 23.7 Å². The van der Waals surface area contributed by atoms with Crippen molar-refractivity contribution in [1.29, 1.82) is 0 Å². The van der Waals surface area contributed by atoms with Crippen molar-refractivity contribution in [1.82, 2.24) is 5.32 Å². The molecule has 0 radical (unpaired) electrons. The largest absolute Gasteiger partial charge is 0.481 e. The number of amides is 1. The van der Waals surface area contributed by atoms with Gasteiger partial charge < -0.3 is 10.4 Å². The van der Waals surface area contributed by atoms with Crippen molar-refractivity contribution in [2.75, 3.05) is 6.54 Å². The van der Waals surface area contributed by atoms with Gasteiger partial charge in [-0.2, -0.15) is 0 Å². The van der Waals surface area contributed by atoms with Crippen molar-refractivity contribution in [2.45, 2.75) is 39.0 Å². The Balaban J connectivity index is 1.73. The van der Waals surface area contributed by atoms with E-state index in [2.05, 4.69) is 5.32 Å². The number of hydrogen-bond acceptors (Lipinski definition) is 2. The fourth-order valence-electron chi connectivity index (χ4n) is 2.49. The molecule has 96 valence electrons. The quantitative estimate of drug-likeness (QED) is 0.710. The highest BCUT2D eigenvalue weighted by atomic mass is 16.4. The molecule has 0 aromatic heterocycles. The van der Waals surface area contributed by atoms with Gasteiger partial charge >= 0.3 is 5.97 Å². The topological polar surface area (TPSA) is 66.4 Å². The molecule has 1 amide bonds. The van der Waals surface area contributed by atoms with E-state index in [1.165, 1.54) is 25.7 Å². The number of carboxylic acids is 1. The van der Waals surface area contributed by atoms with Crippen LogP contribution in [0.4, 0.5) is 0 Å². The number of rotatable bonds is 7. The minimum atomic E-state index is -0.798. The van der Waals surface area contributed by atoms with Crippen LogP contribution in [0.25, 0.3) is 0 Å². The van der Waals surface area contributed by atoms with Crippen LogP contribution in [0.3, 0.4) is 0 Å². The molecule has 0 aromatic carbocycles. The predicted octanol–water partition coefficient (Wildman–Crippen LogP) is 1.65. The van der Waals surface area contributed by atoms with Gasteiger partial charge in [0.2, 0.25) is 5.91 Å². The second kappa shape index (κ2) is 5.07. The van der Waals surface area contributed by atoms with Crippen molar-refractivity contribution in [3.8, 4) is 0 Å². The van der Waals surface area contributed by atoms with Crippen LogP contribution in [0.1, 0.15) is 39.0 Å². The zero-order valence-electron chi connectivity index (χ0n) is 10.3. The third-order valence-electron chi connectivity index (χ3n) is 3.71. The van der Waals surface area contributed by atoms with Crippen molar-refractivity contribution in [3.05, 3.63) is 0 Å². The SMILES string of the molecule is CC(CNC(=O)C(C1CC1)C1CC1)CC(=O)O. The molecule has 2 N–H and O–H groups in total. The van der Waals surface area contributed by atoms with E-state index in [1.54, 1.807) is 0 Å². The second-order valence-electron chi connectivity index (χ2n) is 5.65. The first-order chi connectivity index (χ1) is 8.08. The lowest BCUT2D eigenvalue weighted by molar-refractivity contribution is -0.138. The van der Waals surface area contributed by atoms with Gasteiger partial charge in [-0.15, -0.1) is 0 Å². The summed E-state index contributed by atoms with van der Waals surface area (Å²) in [5, 5.41) is 11.6. The summed E-state index contributed by atoms with van der Waals surface area (Å²) in [6.07, 6.45) is 4.90. The minimum absolute atomic E-state index is 0.00973. The van der Waals surface area contributed by atoms with Gasteiger partial charge in [-0.1, -0.05) is 6.92 Å². The third kappa shape index (κ3) is 3.72. The minimum Gasteiger partial charge on any atom is -0.481 e. The Kier molecular flexibility index (Phi) is 3.69. The van der Waals surface area contributed by atoms with Crippen molar-refractivity contribution >= 4 is 11.9 Å². The summed E-state index contributed by atoms with van der Waals surface area (Å²) >= 11 is 0. The molecule has 0 spiro atoms. The smallest absolute Gasteiger partial charge is 0.303 e. The summed E-state index contributed by atoms with van der Waals surface area (Å²) in [6, 6.07) is 0. The molecule has 0 aliphatic heterocycles. The maximum absolute atomic E-state index is 12.0. The monoisotopic (exact) mass is 239 g/mol. The van der Waals surface area contributed by atoms with Gasteiger partial charge in [0.15, 0.2) is 0 Å². The number of hydrogen-bond donors (Lipinski definition) is 2. The third-order valence-corrected chi connectivity index (χ3v) is 3.71. The normalized spacial score (nSPS) is 21.3. The lowest BCUT2D eigenvalue weighted by Gasteiger charge is -2.17. The first-order valence-corrected chi connectivity index (χ1v) is 6.57. The van der Waals surface area contributed by atoms with E-state index in [9.17, 15) is 9.59 Å². The zero-order chi connectivity index (χ0) is 12.4. The molecular weight excluding hydrogens is 218 g/mol. The van der Waals surface area contributed by atoms with E-state index in [0.717, 1.165) is 0 Å². The molecule has 17 heavy (non-hydrogen) atoms. The molecule has 1 unspecified atom stereocenters. The van der Waals surface area contributed by atoms with Crippen LogP contribution in [-0.4, -0.2) is 23.5 Å². The lowest BCUT2D eigenvalue weighted by atomic mass is 9.96. The summed E-state index contributed by atoms with van der Waals surface area (Å²) in [6.45, 7) is 2.35. The molecule has 4 nitrogen and oxygen atoms in total. The Hall–Kier alpha value is -1.06. The Morgan fingerprint density at radius 3 is 2.18 bits per heavy atom. The summed E-state index contributed by atoms with van der Waals surface area (Å²) in [4.78, 5) is 22.5. The standard InChI is InChI=1S/C13H21NO3/c1-8(6-11(15)16)7-14-13(17)12(9-2-3-9)10-4-5-10/h8-10,12H,2-7H2,1H3,(H,14,17)(H,15,16). The van der Waals surface area contributed by atoms with Gasteiger partial charge in [-0.05, 0) is 43.4 Å². The average molecular weight is 239 g/mol. The van der Waals surface area contributed by atoms with E-state index in [0.29, 0.717) is 18.4 Å². The fourth-order valence-corrected chi connectivity index (χ4v) is 2.49. The summed E-state index contributed by atoms with van der Waals surface area (Å²) in [5.74, 6) is 0.803. The molecule has 2 fully saturated rings. The number of carbonyl (C=O) groups excluding carboxylic acids is 1. The van der Waals surface area contributed by atoms with Crippen molar-refractivity contribution < 1.29 is 14.7 Å². The van der Waals surface area contributed by atoms with Gasteiger partial charge in [0.25, 0.3) is 0 Å². The van der Waals surface area contributed by atoms with Gasteiger partial charge in [0.1, 0.15) is 0 Å². The molecule has 0 saturated heterocycles. The molecule has 1 atom stereocenters. The van der Waals surface area contributed by atoms with Crippen LogP contribution in [-0.2, 0) is 9.59 Å². The maximum Gasteiger partial charge on any atom is 0.303 e. The molecule has 2 aliphatic carbocycles. The van der Waals surface area contributed by atoms with Crippen LogP contribution in [0.15, 0.2) is 0 Å². The zero-order valence-corrected chi connectivity index (χ0v) is 10.3. The number of carboxylic acid groups (broad SMARTS) is 1. The highest BCUT2D eigenvalue weighted by Gasteiger charge is 2.45. The molecule has 0 heterocycles. The molecule has 4 heteroatoms. The van der Waals surface area contributed by atoms with Gasteiger partial charge in [-0.3, -0.25) is 9.59 Å². The van der Waals surface area contributed by atoms with E-state index < -0.39 is 5.97 Å². The van der Waals surface area contributed by atoms with E-state index >= 15 is 0 Å². The summed E-state index contributed by atoms with van der Waals surface area (Å²) in [5.41, 5.74) is 0.